The smallest absolute Gasteiger partial charge is 0.186 e. The summed E-state index contributed by atoms with van der Waals surface area (Å²) in [5, 5.41) is 3.02. The number of piperazine rings is 1. The molecule has 1 aliphatic rings. The molecule has 1 saturated heterocycles. The van der Waals surface area contributed by atoms with Gasteiger partial charge in [0.2, 0.25) is 0 Å². The van der Waals surface area contributed by atoms with Crippen LogP contribution in [0.1, 0.15) is 18.1 Å². The Hall–Kier alpha value is -1.89. The number of thiazole rings is 2. The monoisotopic (exact) mass is 428 g/mol. The van der Waals surface area contributed by atoms with Crippen LogP contribution in [0.5, 0.6) is 0 Å². The Morgan fingerprint density at radius 3 is 2.32 bits per heavy atom. The Morgan fingerprint density at radius 1 is 0.929 bits per heavy atom. The van der Waals surface area contributed by atoms with Crippen molar-refractivity contribution in [2.75, 3.05) is 36.0 Å². The van der Waals surface area contributed by atoms with E-state index in [9.17, 15) is 0 Å². The molecule has 1 aliphatic heterocycles. The van der Waals surface area contributed by atoms with E-state index in [0.717, 1.165) is 64.5 Å². The van der Waals surface area contributed by atoms with Gasteiger partial charge in [-0.15, -0.1) is 0 Å². The second-order valence-corrected chi connectivity index (χ2v) is 9.57. The van der Waals surface area contributed by atoms with E-state index in [2.05, 4.69) is 41.0 Å². The minimum Gasteiger partial charge on any atom is -0.345 e. The highest BCUT2D eigenvalue weighted by Crippen LogP contribution is 2.35. The molecule has 1 fully saturated rings. The van der Waals surface area contributed by atoms with Crippen LogP contribution >= 0.6 is 34.3 Å². The van der Waals surface area contributed by atoms with Crippen LogP contribution in [-0.4, -0.2) is 36.1 Å². The predicted molar refractivity (Wildman–Crippen MR) is 123 cm³/mol. The summed E-state index contributed by atoms with van der Waals surface area (Å²) >= 11 is 9.82. The molecule has 3 heterocycles. The van der Waals surface area contributed by atoms with Crippen molar-refractivity contribution in [1.82, 2.24) is 9.97 Å². The third kappa shape index (κ3) is 3.13. The average Bonchev–Trinajstić information content (AvgIpc) is 3.35. The van der Waals surface area contributed by atoms with Gasteiger partial charge in [0, 0.05) is 31.2 Å². The van der Waals surface area contributed by atoms with Crippen LogP contribution in [-0.2, 0) is 6.42 Å². The van der Waals surface area contributed by atoms with Crippen LogP contribution in [0.2, 0.25) is 5.02 Å². The molecule has 2 aromatic heterocycles. The number of aromatic nitrogens is 2. The predicted octanol–water partition coefficient (Wildman–Crippen LogP) is 5.76. The van der Waals surface area contributed by atoms with E-state index < -0.39 is 0 Å². The van der Waals surface area contributed by atoms with Crippen molar-refractivity contribution in [3.05, 3.63) is 46.5 Å². The van der Waals surface area contributed by atoms with Crippen molar-refractivity contribution in [3.63, 3.8) is 0 Å². The summed E-state index contributed by atoms with van der Waals surface area (Å²) in [6, 6.07) is 10.7. The summed E-state index contributed by atoms with van der Waals surface area (Å²) in [6.45, 7) is 8.10. The first-order valence-corrected chi connectivity index (χ1v) is 11.6. The lowest BCUT2D eigenvalue weighted by Crippen LogP contribution is -2.46. The first-order chi connectivity index (χ1) is 13.6. The van der Waals surface area contributed by atoms with E-state index in [0.29, 0.717) is 0 Å². The highest BCUT2D eigenvalue weighted by atomic mass is 35.5. The fourth-order valence-corrected chi connectivity index (χ4v) is 5.94. The Morgan fingerprint density at radius 2 is 1.61 bits per heavy atom. The van der Waals surface area contributed by atoms with Gasteiger partial charge in [0.1, 0.15) is 0 Å². The first kappa shape index (κ1) is 18.2. The molecular weight excluding hydrogens is 408 g/mol. The largest absolute Gasteiger partial charge is 0.345 e. The van der Waals surface area contributed by atoms with E-state index in [1.807, 2.05) is 13.0 Å². The van der Waals surface area contributed by atoms with Gasteiger partial charge in [-0.2, -0.15) is 0 Å². The molecule has 4 nitrogen and oxygen atoms in total. The number of hydrogen-bond acceptors (Lipinski definition) is 6. The number of benzene rings is 2. The molecule has 2 aromatic carbocycles. The molecular formula is C21H21ClN4S2. The molecule has 0 atom stereocenters. The molecule has 0 N–H and O–H groups in total. The summed E-state index contributed by atoms with van der Waals surface area (Å²) in [6.07, 6.45) is 1.06. The summed E-state index contributed by atoms with van der Waals surface area (Å²) in [4.78, 5) is 14.5. The quantitative estimate of drug-likeness (QED) is 0.415. The highest BCUT2D eigenvalue weighted by Gasteiger charge is 2.22. The molecule has 0 bridgehead atoms. The second-order valence-electron chi connectivity index (χ2n) is 7.14. The van der Waals surface area contributed by atoms with Gasteiger partial charge in [-0.05, 0) is 48.7 Å². The fraction of sp³-hybridized carbons (Fsp3) is 0.333. The fourth-order valence-electron chi connectivity index (χ4n) is 3.63. The van der Waals surface area contributed by atoms with Gasteiger partial charge in [0.05, 0.1) is 20.4 Å². The van der Waals surface area contributed by atoms with Crippen LogP contribution in [0.25, 0.3) is 20.4 Å². The number of aryl methyl sites for hydroxylation is 2. The molecule has 5 rings (SSSR count). The van der Waals surface area contributed by atoms with Crippen LogP contribution in [0.3, 0.4) is 0 Å². The topological polar surface area (TPSA) is 32.3 Å². The zero-order valence-corrected chi connectivity index (χ0v) is 18.3. The minimum absolute atomic E-state index is 0.788. The standard InChI is InChI=1S/C21H21ClN4S2/c1-3-14-4-6-16-18(12-14)28-20(23-16)25-8-10-26(11-9-25)21-24-19-13(2)15(22)5-7-17(19)27-21/h4-7,12H,3,8-11H2,1-2H3. The minimum atomic E-state index is 0.788. The highest BCUT2D eigenvalue weighted by molar-refractivity contribution is 7.22. The summed E-state index contributed by atoms with van der Waals surface area (Å²) in [5.41, 5.74) is 4.59. The first-order valence-electron chi connectivity index (χ1n) is 9.57. The van der Waals surface area contributed by atoms with E-state index in [1.54, 1.807) is 22.7 Å². The Bertz CT molecular complexity index is 1160. The van der Waals surface area contributed by atoms with Crippen molar-refractivity contribution in [3.8, 4) is 0 Å². The normalized spacial score (nSPS) is 15.1. The van der Waals surface area contributed by atoms with Gasteiger partial charge < -0.3 is 9.80 Å². The summed E-state index contributed by atoms with van der Waals surface area (Å²) in [5.74, 6) is 0. The van der Waals surface area contributed by atoms with Crippen molar-refractivity contribution in [2.24, 2.45) is 0 Å². The molecule has 0 aliphatic carbocycles. The van der Waals surface area contributed by atoms with Crippen molar-refractivity contribution in [2.45, 2.75) is 20.3 Å². The lowest BCUT2D eigenvalue weighted by atomic mass is 10.2. The Balaban J connectivity index is 1.34. The number of hydrogen-bond donors (Lipinski definition) is 0. The molecule has 144 valence electrons. The Labute approximate surface area is 177 Å². The van der Waals surface area contributed by atoms with Crippen LogP contribution in [0.4, 0.5) is 10.3 Å². The van der Waals surface area contributed by atoms with Gasteiger partial charge in [0.25, 0.3) is 0 Å². The maximum Gasteiger partial charge on any atom is 0.186 e. The summed E-state index contributed by atoms with van der Waals surface area (Å²) in [7, 11) is 0. The molecule has 0 unspecified atom stereocenters. The number of rotatable bonds is 3. The third-order valence-corrected chi connectivity index (χ3v) is 7.98. The van der Waals surface area contributed by atoms with Crippen molar-refractivity contribution in [1.29, 1.82) is 0 Å². The van der Waals surface area contributed by atoms with Crippen molar-refractivity contribution < 1.29 is 0 Å². The van der Waals surface area contributed by atoms with E-state index in [4.69, 9.17) is 21.6 Å². The van der Waals surface area contributed by atoms with Gasteiger partial charge >= 0.3 is 0 Å². The van der Waals surface area contributed by atoms with Crippen LogP contribution in [0.15, 0.2) is 30.3 Å². The molecule has 0 saturated carbocycles. The second kappa shape index (κ2) is 7.17. The maximum atomic E-state index is 6.26. The van der Waals surface area contributed by atoms with Crippen LogP contribution in [0, 0.1) is 6.92 Å². The SMILES string of the molecule is CCc1ccc2nc(N3CCN(c4nc5c(C)c(Cl)ccc5s4)CC3)sc2c1. The van der Waals surface area contributed by atoms with E-state index >= 15 is 0 Å². The summed E-state index contributed by atoms with van der Waals surface area (Å²) < 4.78 is 2.49. The van der Waals surface area contributed by atoms with Gasteiger partial charge in [0.15, 0.2) is 10.3 Å². The zero-order chi connectivity index (χ0) is 19.3. The van der Waals surface area contributed by atoms with Gasteiger partial charge in [-0.3, -0.25) is 0 Å². The van der Waals surface area contributed by atoms with Crippen LogP contribution < -0.4 is 9.80 Å². The van der Waals surface area contributed by atoms with E-state index in [1.165, 1.54) is 15.0 Å². The van der Waals surface area contributed by atoms with Gasteiger partial charge in [-0.1, -0.05) is 47.3 Å². The van der Waals surface area contributed by atoms with Gasteiger partial charge in [-0.25, -0.2) is 9.97 Å². The Kier molecular flexibility index (Phi) is 4.65. The molecule has 0 amide bonds. The number of fused-ring (bicyclic) bond motifs is 2. The lowest BCUT2D eigenvalue weighted by Gasteiger charge is -2.34. The zero-order valence-electron chi connectivity index (χ0n) is 15.9. The lowest BCUT2D eigenvalue weighted by molar-refractivity contribution is 0.651. The molecule has 0 radical (unpaired) electrons. The average molecular weight is 429 g/mol. The molecule has 7 heteroatoms. The maximum absolute atomic E-state index is 6.26. The number of nitrogens with zero attached hydrogens (tertiary/aromatic N) is 4. The van der Waals surface area contributed by atoms with Crippen molar-refractivity contribution >= 4 is 65.0 Å². The van der Waals surface area contributed by atoms with E-state index in [-0.39, 0.29) is 0 Å². The molecule has 0 spiro atoms. The third-order valence-electron chi connectivity index (χ3n) is 5.41. The molecule has 28 heavy (non-hydrogen) atoms. The number of anilines is 2. The molecule has 4 aromatic rings. The number of halogens is 1.